The van der Waals surface area contributed by atoms with Crippen molar-refractivity contribution < 1.29 is 4.79 Å². The SMILES string of the molecule is O=C(CSc1nnc(-c2ccccc2)c(=O)[nH]1)N1CCN(C(c2ccccc2)c2ccccc2)CC1. The zero-order chi connectivity index (χ0) is 24.7. The molecule has 8 heteroatoms. The van der Waals surface area contributed by atoms with Crippen molar-refractivity contribution in [2.75, 3.05) is 31.9 Å². The maximum absolute atomic E-state index is 12.9. The average molecular weight is 498 g/mol. The lowest BCUT2D eigenvalue weighted by molar-refractivity contribution is -0.130. The summed E-state index contributed by atoms with van der Waals surface area (Å²) >= 11 is 1.21. The lowest BCUT2D eigenvalue weighted by atomic mass is 9.96. The summed E-state index contributed by atoms with van der Waals surface area (Å²) in [5.74, 6) is 0.237. The van der Waals surface area contributed by atoms with Crippen LogP contribution in [0.1, 0.15) is 17.2 Å². The minimum atomic E-state index is -0.312. The molecule has 1 aliphatic heterocycles. The number of hydrogen-bond acceptors (Lipinski definition) is 6. The van der Waals surface area contributed by atoms with Gasteiger partial charge >= 0.3 is 0 Å². The van der Waals surface area contributed by atoms with E-state index >= 15 is 0 Å². The molecule has 0 bridgehead atoms. The molecule has 1 aromatic heterocycles. The van der Waals surface area contributed by atoms with Crippen molar-refractivity contribution in [3.63, 3.8) is 0 Å². The molecule has 0 atom stereocenters. The number of rotatable bonds is 7. The summed E-state index contributed by atoms with van der Waals surface area (Å²) in [6, 6.07) is 30.4. The van der Waals surface area contributed by atoms with E-state index in [4.69, 9.17) is 0 Å². The highest BCUT2D eigenvalue weighted by molar-refractivity contribution is 7.99. The van der Waals surface area contributed by atoms with Gasteiger partial charge in [-0.2, -0.15) is 0 Å². The number of benzene rings is 3. The second kappa shape index (κ2) is 11.3. The highest BCUT2D eigenvalue weighted by atomic mass is 32.2. The van der Waals surface area contributed by atoms with Gasteiger partial charge in [0.25, 0.3) is 5.56 Å². The van der Waals surface area contributed by atoms with Crippen LogP contribution in [-0.4, -0.2) is 62.8 Å². The Morgan fingerprint density at radius 1 is 0.806 bits per heavy atom. The first kappa shape index (κ1) is 24.0. The fourth-order valence-corrected chi connectivity index (χ4v) is 5.21. The molecule has 0 saturated carbocycles. The summed E-state index contributed by atoms with van der Waals surface area (Å²) in [4.78, 5) is 32.4. The number of thioether (sulfide) groups is 1. The Kier molecular flexibility index (Phi) is 7.54. The van der Waals surface area contributed by atoms with Gasteiger partial charge in [-0.3, -0.25) is 19.5 Å². The average Bonchev–Trinajstić information content (AvgIpc) is 2.94. The van der Waals surface area contributed by atoms with E-state index in [1.165, 1.54) is 22.9 Å². The monoisotopic (exact) mass is 497 g/mol. The molecule has 5 rings (SSSR count). The van der Waals surface area contributed by atoms with Crippen LogP contribution in [0.25, 0.3) is 11.3 Å². The number of H-pyrrole nitrogens is 1. The third-order valence-electron chi connectivity index (χ3n) is 6.32. The van der Waals surface area contributed by atoms with Crippen molar-refractivity contribution in [1.29, 1.82) is 0 Å². The largest absolute Gasteiger partial charge is 0.339 e. The highest BCUT2D eigenvalue weighted by Crippen LogP contribution is 2.29. The molecule has 3 aromatic carbocycles. The lowest BCUT2D eigenvalue weighted by Crippen LogP contribution is -2.50. The van der Waals surface area contributed by atoms with Crippen LogP contribution in [0, 0.1) is 0 Å². The van der Waals surface area contributed by atoms with E-state index in [-0.39, 0.29) is 29.0 Å². The van der Waals surface area contributed by atoms with Crippen molar-refractivity contribution in [3.05, 3.63) is 112 Å². The van der Waals surface area contributed by atoms with E-state index in [1.807, 2.05) is 47.4 Å². The minimum absolute atomic E-state index is 0.0328. The smallest absolute Gasteiger partial charge is 0.278 e. The van der Waals surface area contributed by atoms with Gasteiger partial charge in [0.15, 0.2) is 10.9 Å². The molecular formula is C28H27N5O2S. The summed E-state index contributed by atoms with van der Waals surface area (Å²) < 4.78 is 0. The van der Waals surface area contributed by atoms with Gasteiger partial charge in [-0.05, 0) is 11.1 Å². The molecule has 1 saturated heterocycles. The van der Waals surface area contributed by atoms with Crippen LogP contribution < -0.4 is 5.56 Å². The Hall–Kier alpha value is -3.75. The number of carbonyl (C=O) groups is 1. The third-order valence-corrected chi connectivity index (χ3v) is 7.17. The van der Waals surface area contributed by atoms with E-state index in [9.17, 15) is 9.59 Å². The Balaban J connectivity index is 1.19. The second-order valence-corrected chi connectivity index (χ2v) is 9.57. The number of aromatic nitrogens is 3. The first-order valence-electron chi connectivity index (χ1n) is 12.0. The van der Waals surface area contributed by atoms with Gasteiger partial charge in [0.2, 0.25) is 5.91 Å². The minimum Gasteiger partial charge on any atom is -0.339 e. The van der Waals surface area contributed by atoms with Gasteiger partial charge in [0.05, 0.1) is 11.8 Å². The molecule has 1 amide bonds. The Labute approximate surface area is 214 Å². The van der Waals surface area contributed by atoms with Gasteiger partial charge in [0.1, 0.15) is 0 Å². The quantitative estimate of drug-likeness (QED) is 0.391. The summed E-state index contributed by atoms with van der Waals surface area (Å²) in [5, 5.41) is 8.54. The number of piperazine rings is 1. The second-order valence-electron chi connectivity index (χ2n) is 8.60. The summed E-state index contributed by atoms with van der Waals surface area (Å²) in [7, 11) is 0. The molecule has 7 nitrogen and oxygen atoms in total. The van der Waals surface area contributed by atoms with Crippen molar-refractivity contribution in [1.82, 2.24) is 25.0 Å². The maximum Gasteiger partial charge on any atom is 0.278 e. The lowest BCUT2D eigenvalue weighted by Gasteiger charge is -2.39. The summed E-state index contributed by atoms with van der Waals surface area (Å²) in [6.07, 6.45) is 0. The summed E-state index contributed by atoms with van der Waals surface area (Å²) in [5.41, 5.74) is 3.17. The molecule has 1 N–H and O–H groups in total. The van der Waals surface area contributed by atoms with E-state index in [1.54, 1.807) is 0 Å². The number of nitrogens with one attached hydrogen (secondary N) is 1. The third kappa shape index (κ3) is 5.56. The molecule has 0 unspecified atom stereocenters. The number of aromatic amines is 1. The molecule has 0 aliphatic carbocycles. The van der Waals surface area contributed by atoms with Crippen molar-refractivity contribution in [2.24, 2.45) is 0 Å². The van der Waals surface area contributed by atoms with Crippen molar-refractivity contribution >= 4 is 17.7 Å². The van der Waals surface area contributed by atoms with E-state index < -0.39 is 0 Å². The highest BCUT2D eigenvalue weighted by Gasteiger charge is 2.28. The predicted octanol–water partition coefficient (Wildman–Crippen LogP) is 3.86. The van der Waals surface area contributed by atoms with Crippen LogP contribution in [0.4, 0.5) is 0 Å². The number of nitrogens with zero attached hydrogens (tertiary/aromatic N) is 4. The van der Waals surface area contributed by atoms with Crippen molar-refractivity contribution in [3.8, 4) is 11.3 Å². The van der Waals surface area contributed by atoms with Gasteiger partial charge in [-0.15, -0.1) is 10.2 Å². The molecule has 0 spiro atoms. The van der Waals surface area contributed by atoms with E-state index in [0.29, 0.717) is 23.8 Å². The number of hydrogen-bond donors (Lipinski definition) is 1. The first-order valence-corrected chi connectivity index (χ1v) is 12.9. The molecule has 4 aromatic rings. The molecular weight excluding hydrogens is 470 g/mol. The number of amides is 1. The van der Waals surface area contributed by atoms with Crippen molar-refractivity contribution in [2.45, 2.75) is 11.2 Å². The van der Waals surface area contributed by atoms with Crippen LogP contribution in [-0.2, 0) is 4.79 Å². The Bertz CT molecular complexity index is 1300. The molecule has 1 fully saturated rings. The molecule has 36 heavy (non-hydrogen) atoms. The zero-order valence-corrected chi connectivity index (χ0v) is 20.6. The van der Waals surface area contributed by atoms with Crippen LogP contribution in [0.15, 0.2) is 101 Å². The van der Waals surface area contributed by atoms with Gasteiger partial charge in [-0.1, -0.05) is 103 Å². The Morgan fingerprint density at radius 3 is 1.92 bits per heavy atom. The molecule has 2 heterocycles. The van der Waals surface area contributed by atoms with E-state index in [0.717, 1.165) is 13.1 Å². The maximum atomic E-state index is 12.9. The zero-order valence-electron chi connectivity index (χ0n) is 19.8. The fourth-order valence-electron chi connectivity index (χ4n) is 4.51. The van der Waals surface area contributed by atoms with E-state index in [2.05, 4.69) is 68.6 Å². The normalized spacial score (nSPS) is 14.2. The molecule has 1 aliphatic rings. The van der Waals surface area contributed by atoms with Crippen LogP contribution in [0.2, 0.25) is 0 Å². The van der Waals surface area contributed by atoms with Crippen LogP contribution >= 0.6 is 11.8 Å². The summed E-state index contributed by atoms with van der Waals surface area (Å²) in [6.45, 7) is 2.88. The van der Waals surface area contributed by atoms with Gasteiger partial charge < -0.3 is 4.90 Å². The molecule has 182 valence electrons. The van der Waals surface area contributed by atoms with Crippen LogP contribution in [0.5, 0.6) is 0 Å². The number of carbonyl (C=O) groups excluding carboxylic acids is 1. The Morgan fingerprint density at radius 2 is 1.36 bits per heavy atom. The van der Waals surface area contributed by atoms with Crippen LogP contribution in [0.3, 0.4) is 0 Å². The predicted molar refractivity (Wildman–Crippen MR) is 142 cm³/mol. The standard InChI is InChI=1S/C28H27N5O2S/c34-24(20-36-28-29-27(35)25(30-31-28)21-10-4-1-5-11-21)32-16-18-33(19-17-32)26(22-12-6-2-7-13-22)23-14-8-3-9-15-23/h1-15,26H,16-20H2,(H,29,31,35). The van der Waals surface area contributed by atoms with Gasteiger partial charge in [-0.25, -0.2) is 0 Å². The fraction of sp³-hybridized carbons (Fsp3) is 0.214. The van der Waals surface area contributed by atoms with Gasteiger partial charge in [0, 0.05) is 31.7 Å². The first-order chi connectivity index (χ1) is 17.7. The topological polar surface area (TPSA) is 82.2 Å². The molecule has 0 radical (unpaired) electrons.